The third-order valence-corrected chi connectivity index (χ3v) is 3.23. The molecule has 2 N–H and O–H groups in total. The average molecular weight is 404 g/mol. The number of nitrogens with two attached hydrogens (primary N) is 1. The molecule has 0 aliphatic heterocycles. The van der Waals surface area contributed by atoms with Gasteiger partial charge in [-0.1, -0.05) is 0 Å². The summed E-state index contributed by atoms with van der Waals surface area (Å²) >= 11 is 6.34. The molecule has 0 atom stereocenters. The molecule has 6 nitrogen and oxygen atoms in total. The first-order valence-corrected chi connectivity index (χ1v) is 7.04. The topological polar surface area (TPSA) is 94.9 Å². The molecule has 0 saturated heterocycles. The molecule has 0 aliphatic carbocycles. The molecule has 0 saturated carbocycles. The van der Waals surface area contributed by atoms with Crippen molar-refractivity contribution < 1.29 is 4.92 Å². The minimum atomic E-state index is -0.450. The molecule has 106 valence electrons. The summed E-state index contributed by atoms with van der Waals surface area (Å²) in [5.41, 5.74) is 7.95. The first-order chi connectivity index (χ1) is 9.31. The number of rotatable bonds is 1. The molecule has 0 bridgehead atoms. The predicted molar refractivity (Wildman–Crippen MR) is 84.4 cm³/mol. The van der Waals surface area contributed by atoms with Crippen LogP contribution in [0.1, 0.15) is 11.1 Å². The molecule has 0 fully saturated rings. The van der Waals surface area contributed by atoms with Crippen LogP contribution in [0.15, 0.2) is 33.7 Å². The summed E-state index contributed by atoms with van der Waals surface area (Å²) < 4.78 is 1.44. The molecule has 0 aliphatic rings. The Bertz CT molecular complexity index is 635. The number of anilines is 1. The number of aryl methyl sites for hydroxylation is 2. The van der Waals surface area contributed by atoms with Gasteiger partial charge in [-0.15, -0.1) is 0 Å². The van der Waals surface area contributed by atoms with Crippen LogP contribution in [-0.4, -0.2) is 14.9 Å². The summed E-state index contributed by atoms with van der Waals surface area (Å²) in [5, 5.41) is 10.3. The molecule has 0 unspecified atom stereocenters. The van der Waals surface area contributed by atoms with Gasteiger partial charge in [0.05, 0.1) is 16.8 Å². The molecule has 0 radical (unpaired) electrons. The lowest BCUT2D eigenvalue weighted by atomic mass is 10.3. The minimum absolute atomic E-state index is 0.0493. The lowest BCUT2D eigenvalue weighted by Crippen LogP contribution is -1.92. The molecule has 2 rings (SSSR count). The van der Waals surface area contributed by atoms with Gasteiger partial charge < -0.3 is 5.73 Å². The summed E-state index contributed by atoms with van der Waals surface area (Å²) in [6, 6.07) is 3.49. The van der Waals surface area contributed by atoms with E-state index in [4.69, 9.17) is 5.73 Å². The molecule has 20 heavy (non-hydrogen) atoms. The molecule has 2 aromatic heterocycles. The molecular weight excluding hydrogens is 392 g/mol. The van der Waals surface area contributed by atoms with Gasteiger partial charge in [0.2, 0.25) is 0 Å². The number of hydrogen-bond donors (Lipinski definition) is 1. The highest BCUT2D eigenvalue weighted by atomic mass is 79.9. The maximum Gasteiger partial charge on any atom is 0.290 e. The Morgan fingerprint density at radius 2 is 1.60 bits per heavy atom. The summed E-state index contributed by atoms with van der Waals surface area (Å²) in [6.45, 7) is 3.62. The van der Waals surface area contributed by atoms with Crippen LogP contribution in [0.25, 0.3) is 0 Å². The second-order valence-corrected chi connectivity index (χ2v) is 5.54. The van der Waals surface area contributed by atoms with E-state index in [1.54, 1.807) is 19.2 Å². The Kier molecular flexibility index (Phi) is 6.03. The van der Waals surface area contributed by atoms with Gasteiger partial charge in [-0.25, -0.2) is 9.97 Å². The number of aromatic nitrogens is 2. The Balaban J connectivity index is 0.000000204. The third kappa shape index (κ3) is 4.86. The Morgan fingerprint density at radius 1 is 1.10 bits per heavy atom. The fraction of sp³-hybridized carbons (Fsp3) is 0.167. The average Bonchev–Trinajstić information content (AvgIpc) is 2.34. The summed E-state index contributed by atoms with van der Waals surface area (Å²) in [4.78, 5) is 17.5. The van der Waals surface area contributed by atoms with Crippen molar-refractivity contribution in [3.63, 3.8) is 0 Å². The van der Waals surface area contributed by atoms with Crippen LogP contribution in [0.5, 0.6) is 0 Å². The summed E-state index contributed by atoms with van der Waals surface area (Å²) in [7, 11) is 0. The minimum Gasteiger partial charge on any atom is -0.397 e. The third-order valence-electron chi connectivity index (χ3n) is 2.36. The molecule has 2 heterocycles. The van der Waals surface area contributed by atoms with E-state index in [2.05, 4.69) is 41.8 Å². The SMILES string of the molecule is Cc1cc(Br)ncc1N.Cc1cc(Br)ncc1[N+](=O)[O-]. The van der Waals surface area contributed by atoms with Crippen LogP contribution in [0.3, 0.4) is 0 Å². The second kappa shape index (κ2) is 7.30. The predicted octanol–water partition coefficient (Wildman–Crippen LogP) is 3.80. The standard InChI is InChI=1S/C6H5BrN2O2.C6H7BrN2/c1-4-2-6(7)8-3-5(4)9(10)11;1-4-2-6(7)9-3-5(4)8/h2-3H,1H3;2-3H,8H2,1H3. The molecular formula is C12H12Br2N4O2. The van der Waals surface area contributed by atoms with Crippen LogP contribution in [0, 0.1) is 24.0 Å². The monoisotopic (exact) mass is 402 g/mol. The van der Waals surface area contributed by atoms with E-state index in [-0.39, 0.29) is 5.69 Å². The normalized spacial score (nSPS) is 9.60. The quantitative estimate of drug-likeness (QED) is 0.443. The van der Waals surface area contributed by atoms with Crippen LogP contribution >= 0.6 is 31.9 Å². The smallest absolute Gasteiger partial charge is 0.290 e. The second-order valence-electron chi connectivity index (χ2n) is 3.91. The lowest BCUT2D eigenvalue weighted by molar-refractivity contribution is -0.385. The van der Waals surface area contributed by atoms with Gasteiger partial charge in [-0.3, -0.25) is 10.1 Å². The fourth-order valence-corrected chi connectivity index (χ4v) is 2.13. The van der Waals surface area contributed by atoms with Crippen molar-refractivity contribution >= 4 is 43.2 Å². The van der Waals surface area contributed by atoms with E-state index in [9.17, 15) is 10.1 Å². The van der Waals surface area contributed by atoms with E-state index in [0.29, 0.717) is 10.2 Å². The molecule has 0 aromatic carbocycles. The molecule has 0 spiro atoms. The highest BCUT2D eigenvalue weighted by molar-refractivity contribution is 9.10. The Labute approximate surface area is 132 Å². The first-order valence-electron chi connectivity index (χ1n) is 5.45. The zero-order valence-corrected chi connectivity index (χ0v) is 14.0. The van der Waals surface area contributed by atoms with Crippen molar-refractivity contribution in [1.82, 2.24) is 9.97 Å². The first kappa shape index (κ1) is 16.5. The van der Waals surface area contributed by atoms with Crippen molar-refractivity contribution in [2.75, 3.05) is 5.73 Å². The van der Waals surface area contributed by atoms with Gasteiger partial charge in [0.25, 0.3) is 5.69 Å². The lowest BCUT2D eigenvalue weighted by Gasteiger charge is -1.96. The molecule has 0 amide bonds. The zero-order chi connectivity index (χ0) is 15.3. The highest BCUT2D eigenvalue weighted by Gasteiger charge is 2.09. The van der Waals surface area contributed by atoms with Crippen molar-refractivity contribution in [3.05, 3.63) is 55.0 Å². The van der Waals surface area contributed by atoms with Gasteiger partial charge in [-0.2, -0.15) is 0 Å². The van der Waals surface area contributed by atoms with Crippen molar-refractivity contribution in [2.24, 2.45) is 0 Å². The van der Waals surface area contributed by atoms with E-state index in [0.717, 1.165) is 15.9 Å². The number of nitro groups is 1. The van der Waals surface area contributed by atoms with Gasteiger partial charge in [0.1, 0.15) is 15.4 Å². The maximum absolute atomic E-state index is 10.3. The van der Waals surface area contributed by atoms with E-state index >= 15 is 0 Å². The van der Waals surface area contributed by atoms with Crippen molar-refractivity contribution in [2.45, 2.75) is 13.8 Å². The number of pyridine rings is 2. The van der Waals surface area contributed by atoms with Crippen LogP contribution < -0.4 is 5.73 Å². The van der Waals surface area contributed by atoms with Crippen LogP contribution in [0.4, 0.5) is 11.4 Å². The number of hydrogen-bond acceptors (Lipinski definition) is 5. The van der Waals surface area contributed by atoms with Gasteiger partial charge in [0.15, 0.2) is 0 Å². The largest absolute Gasteiger partial charge is 0.397 e. The van der Waals surface area contributed by atoms with Crippen LogP contribution in [0.2, 0.25) is 0 Å². The summed E-state index contributed by atoms with van der Waals surface area (Å²) in [6.07, 6.45) is 2.87. The molecule has 2 aromatic rings. The zero-order valence-electron chi connectivity index (χ0n) is 10.8. The van der Waals surface area contributed by atoms with E-state index in [1.165, 1.54) is 6.20 Å². The highest BCUT2D eigenvalue weighted by Crippen LogP contribution is 2.18. The van der Waals surface area contributed by atoms with Gasteiger partial charge >= 0.3 is 0 Å². The number of halogens is 2. The number of nitrogens with zero attached hydrogens (tertiary/aromatic N) is 3. The van der Waals surface area contributed by atoms with E-state index < -0.39 is 4.92 Å². The molecule has 8 heteroatoms. The summed E-state index contributed by atoms with van der Waals surface area (Å²) in [5.74, 6) is 0. The van der Waals surface area contributed by atoms with Crippen molar-refractivity contribution in [3.8, 4) is 0 Å². The fourth-order valence-electron chi connectivity index (χ4n) is 1.24. The Morgan fingerprint density at radius 3 is 2.00 bits per heavy atom. The van der Waals surface area contributed by atoms with E-state index in [1.807, 2.05) is 13.0 Å². The van der Waals surface area contributed by atoms with Crippen molar-refractivity contribution in [1.29, 1.82) is 0 Å². The maximum atomic E-state index is 10.3. The number of nitrogen functional groups attached to an aromatic ring is 1. The van der Waals surface area contributed by atoms with Crippen LogP contribution in [-0.2, 0) is 0 Å². The Hall–Kier alpha value is -1.54. The van der Waals surface area contributed by atoms with Gasteiger partial charge in [0, 0.05) is 5.56 Å². The van der Waals surface area contributed by atoms with Gasteiger partial charge in [-0.05, 0) is 63.4 Å².